The topological polar surface area (TPSA) is 93.7 Å². The lowest BCUT2D eigenvalue weighted by atomic mass is 10.1. The zero-order valence-electron chi connectivity index (χ0n) is 15.9. The van der Waals surface area contributed by atoms with Crippen molar-refractivity contribution >= 4 is 34.7 Å². The van der Waals surface area contributed by atoms with Gasteiger partial charge in [0.2, 0.25) is 0 Å². The first-order valence-electron chi connectivity index (χ1n) is 9.07. The van der Waals surface area contributed by atoms with E-state index in [4.69, 9.17) is 4.42 Å². The van der Waals surface area contributed by atoms with Gasteiger partial charge in [0.1, 0.15) is 11.5 Å². The van der Waals surface area contributed by atoms with Gasteiger partial charge in [-0.15, -0.1) is 0 Å². The quantitative estimate of drug-likeness (QED) is 0.312. The van der Waals surface area contributed by atoms with Gasteiger partial charge in [0, 0.05) is 23.8 Å². The lowest BCUT2D eigenvalue weighted by Crippen LogP contribution is -2.27. The third-order valence-corrected chi connectivity index (χ3v) is 5.56. The van der Waals surface area contributed by atoms with Crippen LogP contribution in [0, 0.1) is 17.0 Å². The summed E-state index contributed by atoms with van der Waals surface area (Å²) in [5, 5.41) is 10.7. The van der Waals surface area contributed by atoms with Crippen molar-refractivity contribution < 1.29 is 18.9 Å². The van der Waals surface area contributed by atoms with Crippen molar-refractivity contribution in [2.75, 3.05) is 0 Å². The summed E-state index contributed by atoms with van der Waals surface area (Å²) in [4.78, 5) is 37.0. The van der Waals surface area contributed by atoms with Crippen LogP contribution >= 0.6 is 11.8 Å². The van der Waals surface area contributed by atoms with E-state index in [1.54, 1.807) is 18.2 Å². The summed E-state index contributed by atoms with van der Waals surface area (Å²) in [7, 11) is 0. The van der Waals surface area contributed by atoms with E-state index in [0.717, 1.165) is 22.9 Å². The molecule has 0 aliphatic carbocycles. The second-order valence-corrected chi connectivity index (χ2v) is 7.70. The molecule has 1 aliphatic rings. The fraction of sp³-hybridized carbons (Fsp3) is 0.0909. The van der Waals surface area contributed by atoms with Crippen LogP contribution in [-0.4, -0.2) is 21.0 Å². The Morgan fingerprint density at radius 2 is 1.87 bits per heavy atom. The third kappa shape index (κ3) is 3.90. The van der Waals surface area contributed by atoms with Crippen molar-refractivity contribution in [1.82, 2.24) is 4.90 Å². The molecule has 0 radical (unpaired) electrons. The highest BCUT2D eigenvalue weighted by molar-refractivity contribution is 8.18. The number of benzene rings is 2. The van der Waals surface area contributed by atoms with E-state index >= 15 is 0 Å². The molecular formula is C22H16N2O5S. The number of non-ortho nitro benzene ring substituents is 1. The zero-order chi connectivity index (χ0) is 21.3. The van der Waals surface area contributed by atoms with Crippen LogP contribution in [0.5, 0.6) is 0 Å². The molecule has 3 aromatic rings. The number of hydrogen-bond donors (Lipinski definition) is 0. The number of carbonyl (C=O) groups is 2. The number of imide groups is 1. The number of nitro groups is 1. The average molecular weight is 420 g/mol. The molecule has 4 rings (SSSR count). The number of aryl methyl sites for hydroxylation is 1. The first-order chi connectivity index (χ1) is 14.4. The Hall–Kier alpha value is -3.65. The zero-order valence-corrected chi connectivity index (χ0v) is 16.7. The molecule has 0 unspecified atom stereocenters. The van der Waals surface area contributed by atoms with Crippen molar-refractivity contribution in [2.45, 2.75) is 13.5 Å². The average Bonchev–Trinajstić information content (AvgIpc) is 3.29. The predicted octanol–water partition coefficient (Wildman–Crippen LogP) is 5.40. The van der Waals surface area contributed by atoms with Crippen LogP contribution < -0.4 is 0 Å². The van der Waals surface area contributed by atoms with Gasteiger partial charge in [-0.3, -0.25) is 24.6 Å². The summed E-state index contributed by atoms with van der Waals surface area (Å²) in [5.41, 5.74) is 2.25. The van der Waals surface area contributed by atoms with E-state index in [9.17, 15) is 19.7 Å². The van der Waals surface area contributed by atoms with Crippen LogP contribution in [0.15, 0.2) is 70.0 Å². The molecule has 0 bridgehead atoms. The Morgan fingerprint density at radius 3 is 2.60 bits per heavy atom. The number of carbonyl (C=O) groups excluding carboxylic acids is 2. The fourth-order valence-corrected chi connectivity index (χ4v) is 3.91. The molecule has 30 heavy (non-hydrogen) atoms. The van der Waals surface area contributed by atoms with Gasteiger partial charge < -0.3 is 4.42 Å². The van der Waals surface area contributed by atoms with Gasteiger partial charge in [0.15, 0.2) is 0 Å². The van der Waals surface area contributed by atoms with Crippen LogP contribution in [-0.2, 0) is 11.3 Å². The number of thioether (sulfide) groups is 1. The van der Waals surface area contributed by atoms with Crippen molar-refractivity contribution in [3.63, 3.8) is 0 Å². The monoisotopic (exact) mass is 420 g/mol. The first kappa shape index (κ1) is 19.7. The van der Waals surface area contributed by atoms with Gasteiger partial charge >= 0.3 is 0 Å². The van der Waals surface area contributed by atoms with E-state index in [-0.39, 0.29) is 28.3 Å². The minimum absolute atomic E-state index is 0.0319. The maximum absolute atomic E-state index is 12.7. The van der Waals surface area contributed by atoms with Crippen molar-refractivity contribution in [2.24, 2.45) is 0 Å². The molecule has 1 aliphatic heterocycles. The molecule has 2 heterocycles. The molecule has 0 spiro atoms. The van der Waals surface area contributed by atoms with E-state index < -0.39 is 4.92 Å². The highest BCUT2D eigenvalue weighted by Crippen LogP contribution is 2.35. The maximum Gasteiger partial charge on any atom is 0.293 e. The number of hydrogen-bond acceptors (Lipinski definition) is 6. The van der Waals surface area contributed by atoms with Crippen molar-refractivity contribution in [1.29, 1.82) is 0 Å². The van der Waals surface area contributed by atoms with E-state index in [1.165, 1.54) is 23.1 Å². The van der Waals surface area contributed by atoms with Crippen LogP contribution in [0.4, 0.5) is 10.5 Å². The molecule has 1 aromatic heterocycles. The normalized spacial score (nSPS) is 15.2. The van der Waals surface area contributed by atoms with Crippen molar-refractivity contribution in [3.05, 3.63) is 92.6 Å². The van der Waals surface area contributed by atoms with Gasteiger partial charge in [-0.05, 0) is 41.9 Å². The van der Waals surface area contributed by atoms with Gasteiger partial charge in [0.25, 0.3) is 16.8 Å². The Balaban J connectivity index is 1.57. The summed E-state index contributed by atoms with van der Waals surface area (Å²) >= 11 is 0.860. The number of nitrogens with zero attached hydrogens (tertiary/aromatic N) is 2. The smallest absolute Gasteiger partial charge is 0.293 e. The summed E-state index contributed by atoms with van der Waals surface area (Å²) in [5.74, 6) is 0.463. The summed E-state index contributed by atoms with van der Waals surface area (Å²) < 4.78 is 5.79. The van der Waals surface area contributed by atoms with Gasteiger partial charge in [0.05, 0.1) is 16.4 Å². The predicted molar refractivity (Wildman–Crippen MR) is 113 cm³/mol. The molecule has 7 nitrogen and oxygen atoms in total. The third-order valence-electron chi connectivity index (χ3n) is 4.65. The van der Waals surface area contributed by atoms with E-state index in [0.29, 0.717) is 17.1 Å². The SMILES string of the molecule is Cc1ccc([N+](=O)[O-])cc1-c1ccc(/C=C2\SC(=O)N(Cc3ccccc3)C2=O)o1. The molecule has 2 aromatic carbocycles. The highest BCUT2D eigenvalue weighted by atomic mass is 32.2. The minimum atomic E-state index is -0.463. The fourth-order valence-electron chi connectivity index (χ4n) is 3.10. The Labute approximate surface area is 176 Å². The largest absolute Gasteiger partial charge is 0.457 e. The number of furan rings is 1. The van der Waals surface area contributed by atoms with E-state index in [1.807, 2.05) is 37.3 Å². The minimum Gasteiger partial charge on any atom is -0.457 e. The molecule has 150 valence electrons. The van der Waals surface area contributed by atoms with Crippen LogP contribution in [0.3, 0.4) is 0 Å². The number of amides is 2. The molecule has 1 fully saturated rings. The number of nitro benzene ring substituents is 1. The second kappa shape index (κ2) is 8.00. The lowest BCUT2D eigenvalue weighted by Gasteiger charge is -2.11. The molecule has 0 N–H and O–H groups in total. The Kier molecular flexibility index (Phi) is 5.24. The molecule has 0 atom stereocenters. The standard InChI is InChI=1S/C22H16N2O5S/c1-14-7-8-16(24(27)28)11-18(14)19-10-9-17(29-19)12-20-21(25)23(22(26)30-20)13-15-5-3-2-4-6-15/h2-12H,13H2,1H3/b20-12-. The molecule has 1 saturated heterocycles. The lowest BCUT2D eigenvalue weighted by molar-refractivity contribution is -0.384. The second-order valence-electron chi connectivity index (χ2n) is 6.71. The van der Waals surface area contributed by atoms with Gasteiger partial charge in [-0.2, -0.15) is 0 Å². The Morgan fingerprint density at radius 1 is 1.10 bits per heavy atom. The summed E-state index contributed by atoms with van der Waals surface area (Å²) in [6.45, 7) is 2.04. The van der Waals surface area contributed by atoms with Gasteiger partial charge in [-0.1, -0.05) is 36.4 Å². The molecule has 0 saturated carbocycles. The first-order valence-corrected chi connectivity index (χ1v) is 9.88. The van der Waals surface area contributed by atoms with Crippen LogP contribution in [0.1, 0.15) is 16.9 Å². The Bertz CT molecular complexity index is 1180. The highest BCUT2D eigenvalue weighted by Gasteiger charge is 2.35. The van der Waals surface area contributed by atoms with E-state index in [2.05, 4.69) is 0 Å². The van der Waals surface area contributed by atoms with Crippen molar-refractivity contribution in [3.8, 4) is 11.3 Å². The van der Waals surface area contributed by atoms with Crippen LogP contribution in [0.25, 0.3) is 17.4 Å². The van der Waals surface area contributed by atoms with Gasteiger partial charge in [-0.25, -0.2) is 0 Å². The summed E-state index contributed by atoms with van der Waals surface area (Å²) in [6, 6.07) is 17.2. The summed E-state index contributed by atoms with van der Waals surface area (Å²) in [6.07, 6.45) is 1.52. The van der Waals surface area contributed by atoms with Crippen LogP contribution in [0.2, 0.25) is 0 Å². The number of rotatable bonds is 5. The molecule has 8 heteroatoms. The maximum atomic E-state index is 12.7. The molecular weight excluding hydrogens is 404 g/mol. The molecule has 2 amide bonds.